The molecule has 1 heterocycles. The molecule has 2 aromatic carbocycles. The van der Waals surface area contributed by atoms with Gasteiger partial charge in [0.2, 0.25) is 6.10 Å². The molecule has 0 N–H and O–H groups in total. The van der Waals surface area contributed by atoms with Gasteiger partial charge in [-0.15, -0.1) is 0 Å². The molecule has 8 nitrogen and oxygen atoms in total. The number of hydrogen-bond donors (Lipinski definition) is 0. The number of anilines is 1. The Bertz CT molecular complexity index is 986. The number of hydrogen-bond acceptors (Lipinski definition) is 7. The molecular formula is C19H19NO7S. The number of carbonyl (C=O) groups is 2. The van der Waals surface area contributed by atoms with E-state index in [1.165, 1.54) is 38.4 Å². The zero-order valence-corrected chi connectivity index (χ0v) is 16.1. The molecule has 0 bridgehead atoms. The lowest BCUT2D eigenvalue weighted by Gasteiger charge is -2.21. The van der Waals surface area contributed by atoms with Crippen molar-refractivity contribution in [3.8, 4) is 5.75 Å². The third kappa shape index (κ3) is 3.79. The normalized spacial score (nSPS) is 16.4. The molecule has 2 aromatic rings. The molecule has 0 aromatic heterocycles. The molecule has 0 saturated carbocycles. The Morgan fingerprint density at radius 2 is 1.82 bits per heavy atom. The van der Waals surface area contributed by atoms with Gasteiger partial charge in [0, 0.05) is 13.5 Å². The molecule has 0 amide bonds. The Kier molecular flexibility index (Phi) is 5.55. The summed E-state index contributed by atoms with van der Waals surface area (Å²) in [4.78, 5) is 23.5. The third-order valence-corrected chi connectivity index (χ3v) is 6.10. The number of cyclic esters (lactones) is 1. The van der Waals surface area contributed by atoms with E-state index in [4.69, 9.17) is 14.2 Å². The molecule has 9 heteroatoms. The highest BCUT2D eigenvalue weighted by molar-refractivity contribution is 7.92. The van der Waals surface area contributed by atoms with Crippen molar-refractivity contribution in [1.82, 2.24) is 0 Å². The summed E-state index contributed by atoms with van der Waals surface area (Å²) in [6.45, 7) is 0.212. The lowest BCUT2D eigenvalue weighted by molar-refractivity contribution is -0.145. The largest absolute Gasteiger partial charge is 0.495 e. The summed E-state index contributed by atoms with van der Waals surface area (Å²) in [6.07, 6.45) is -0.617. The fourth-order valence-electron chi connectivity index (χ4n) is 2.72. The first kappa shape index (κ1) is 19.7. The Balaban J connectivity index is 1.79. The van der Waals surface area contributed by atoms with Gasteiger partial charge in [-0.05, 0) is 36.4 Å². The van der Waals surface area contributed by atoms with Gasteiger partial charge in [0.05, 0.1) is 29.9 Å². The van der Waals surface area contributed by atoms with E-state index in [0.29, 0.717) is 17.9 Å². The second-order valence-electron chi connectivity index (χ2n) is 6.02. The van der Waals surface area contributed by atoms with Crippen molar-refractivity contribution in [3.63, 3.8) is 0 Å². The SMILES string of the molecule is COc1ccccc1N(C)S(=O)(=O)c1ccc(C(=O)O[C@@H]2CCOC2=O)cc1. The molecule has 1 atom stereocenters. The third-order valence-electron chi connectivity index (χ3n) is 4.31. The Labute approximate surface area is 162 Å². The fraction of sp³-hybridized carbons (Fsp3) is 0.263. The predicted molar refractivity (Wildman–Crippen MR) is 99.8 cm³/mol. The van der Waals surface area contributed by atoms with Crippen LogP contribution in [0.2, 0.25) is 0 Å². The topological polar surface area (TPSA) is 99.2 Å². The van der Waals surface area contributed by atoms with Crippen LogP contribution in [0, 0.1) is 0 Å². The maximum atomic E-state index is 12.9. The molecule has 28 heavy (non-hydrogen) atoms. The first-order valence-corrected chi connectivity index (χ1v) is 9.88. The molecule has 0 radical (unpaired) electrons. The number of ether oxygens (including phenoxy) is 3. The lowest BCUT2D eigenvalue weighted by atomic mass is 10.2. The van der Waals surface area contributed by atoms with Crippen molar-refractivity contribution in [2.45, 2.75) is 17.4 Å². The number of sulfonamides is 1. The Morgan fingerprint density at radius 1 is 1.14 bits per heavy atom. The zero-order valence-electron chi connectivity index (χ0n) is 15.3. The summed E-state index contributed by atoms with van der Waals surface area (Å²) in [6, 6.07) is 12.0. The van der Waals surface area contributed by atoms with E-state index in [1.54, 1.807) is 24.3 Å². The van der Waals surface area contributed by atoms with Crippen LogP contribution in [0.1, 0.15) is 16.8 Å². The molecule has 1 aliphatic heterocycles. The van der Waals surface area contributed by atoms with E-state index >= 15 is 0 Å². The van der Waals surface area contributed by atoms with Crippen LogP contribution in [0.4, 0.5) is 5.69 Å². The average molecular weight is 405 g/mol. The van der Waals surface area contributed by atoms with Crippen molar-refractivity contribution in [1.29, 1.82) is 0 Å². The van der Waals surface area contributed by atoms with Crippen LogP contribution in [-0.4, -0.2) is 47.2 Å². The summed E-state index contributed by atoms with van der Waals surface area (Å²) in [7, 11) is -0.995. The highest BCUT2D eigenvalue weighted by Gasteiger charge is 2.31. The van der Waals surface area contributed by atoms with Crippen LogP contribution in [0.5, 0.6) is 5.75 Å². The number of esters is 2. The number of rotatable bonds is 6. The van der Waals surface area contributed by atoms with Crippen LogP contribution in [-0.2, 0) is 24.3 Å². The van der Waals surface area contributed by atoms with Gasteiger partial charge in [-0.2, -0.15) is 0 Å². The Hall–Kier alpha value is -3.07. The standard InChI is InChI=1S/C19H19NO7S/c1-20(15-5-3-4-6-16(15)25-2)28(23,24)14-9-7-13(8-10-14)18(21)27-17-11-12-26-19(17)22/h3-10,17H,11-12H2,1-2H3/t17-/m1/s1. The fourth-order valence-corrected chi connectivity index (χ4v) is 3.93. The molecule has 1 aliphatic rings. The molecule has 148 valence electrons. The van der Waals surface area contributed by atoms with Gasteiger partial charge >= 0.3 is 11.9 Å². The van der Waals surface area contributed by atoms with Crippen LogP contribution in [0.15, 0.2) is 53.4 Å². The molecular weight excluding hydrogens is 386 g/mol. The molecule has 0 spiro atoms. The van der Waals surface area contributed by atoms with E-state index in [1.807, 2.05) is 0 Å². The molecule has 1 fully saturated rings. The minimum absolute atomic E-state index is 0.00210. The van der Waals surface area contributed by atoms with Gasteiger partial charge in [-0.1, -0.05) is 12.1 Å². The number of nitrogens with zero attached hydrogens (tertiary/aromatic N) is 1. The van der Waals surface area contributed by atoms with E-state index in [0.717, 1.165) is 4.31 Å². The van der Waals surface area contributed by atoms with Crippen LogP contribution in [0.25, 0.3) is 0 Å². The van der Waals surface area contributed by atoms with Gasteiger partial charge in [0.25, 0.3) is 10.0 Å². The van der Waals surface area contributed by atoms with E-state index in [-0.39, 0.29) is 17.1 Å². The molecule has 0 aliphatic carbocycles. The van der Waals surface area contributed by atoms with Crippen LogP contribution < -0.4 is 9.04 Å². The number of benzene rings is 2. The van der Waals surface area contributed by atoms with E-state index in [2.05, 4.69) is 0 Å². The van der Waals surface area contributed by atoms with E-state index < -0.39 is 28.1 Å². The first-order valence-electron chi connectivity index (χ1n) is 8.44. The van der Waals surface area contributed by atoms with E-state index in [9.17, 15) is 18.0 Å². The second kappa shape index (κ2) is 7.89. The number of methoxy groups -OCH3 is 1. The number of para-hydroxylation sites is 2. The average Bonchev–Trinajstić information content (AvgIpc) is 3.11. The maximum Gasteiger partial charge on any atom is 0.347 e. The van der Waals surface area contributed by atoms with Crippen molar-refractivity contribution in [3.05, 3.63) is 54.1 Å². The maximum absolute atomic E-state index is 12.9. The summed E-state index contributed by atoms with van der Waals surface area (Å²) >= 11 is 0. The zero-order chi connectivity index (χ0) is 20.3. The van der Waals surface area contributed by atoms with Gasteiger partial charge in [0.15, 0.2) is 0 Å². The van der Waals surface area contributed by atoms with Crippen LogP contribution >= 0.6 is 0 Å². The summed E-state index contributed by atoms with van der Waals surface area (Å²) in [5.41, 5.74) is 0.520. The van der Waals surface area contributed by atoms with Crippen molar-refractivity contribution < 1.29 is 32.2 Å². The second-order valence-corrected chi connectivity index (χ2v) is 7.99. The summed E-state index contributed by atoms with van der Waals surface area (Å²) in [5.74, 6) is -0.880. The lowest BCUT2D eigenvalue weighted by Crippen LogP contribution is -2.27. The van der Waals surface area contributed by atoms with Gasteiger partial charge in [-0.25, -0.2) is 18.0 Å². The van der Waals surface area contributed by atoms with Crippen molar-refractivity contribution in [2.75, 3.05) is 25.1 Å². The smallest absolute Gasteiger partial charge is 0.347 e. The van der Waals surface area contributed by atoms with Gasteiger partial charge < -0.3 is 14.2 Å². The van der Waals surface area contributed by atoms with Crippen molar-refractivity contribution in [2.24, 2.45) is 0 Å². The minimum Gasteiger partial charge on any atom is -0.495 e. The first-order chi connectivity index (χ1) is 13.3. The molecule has 3 rings (SSSR count). The molecule has 1 saturated heterocycles. The summed E-state index contributed by atoms with van der Waals surface area (Å²) < 4.78 is 41.9. The van der Waals surface area contributed by atoms with Crippen LogP contribution in [0.3, 0.4) is 0 Å². The minimum atomic E-state index is -3.87. The predicted octanol–water partition coefficient (Wildman–Crippen LogP) is 1.99. The highest BCUT2D eigenvalue weighted by Crippen LogP contribution is 2.30. The Morgan fingerprint density at radius 3 is 2.43 bits per heavy atom. The number of carbonyl (C=O) groups excluding carboxylic acids is 2. The molecule has 0 unspecified atom stereocenters. The quantitative estimate of drug-likeness (QED) is 0.678. The van der Waals surface area contributed by atoms with Gasteiger partial charge in [0.1, 0.15) is 5.75 Å². The summed E-state index contributed by atoms with van der Waals surface area (Å²) in [5, 5.41) is 0. The monoisotopic (exact) mass is 405 g/mol. The van der Waals surface area contributed by atoms with Crippen molar-refractivity contribution >= 4 is 27.6 Å². The highest BCUT2D eigenvalue weighted by atomic mass is 32.2. The van der Waals surface area contributed by atoms with Gasteiger partial charge in [-0.3, -0.25) is 4.31 Å².